The van der Waals surface area contributed by atoms with Gasteiger partial charge in [-0.05, 0) is 37.1 Å². The summed E-state index contributed by atoms with van der Waals surface area (Å²) in [6.07, 6.45) is 1.58. The maximum absolute atomic E-state index is 10.6. The molecule has 4 heteroatoms. The van der Waals surface area contributed by atoms with Crippen LogP contribution in [0.5, 0.6) is 5.75 Å². The van der Waals surface area contributed by atoms with Crippen molar-refractivity contribution >= 4 is 0 Å². The van der Waals surface area contributed by atoms with Crippen molar-refractivity contribution in [1.82, 2.24) is 4.98 Å². The largest absolute Gasteiger partial charge is 0.507 e. The van der Waals surface area contributed by atoms with E-state index in [2.05, 4.69) is 20.8 Å². The summed E-state index contributed by atoms with van der Waals surface area (Å²) in [5, 5.41) is 10.6. The molecule has 0 aliphatic carbocycles. The molecule has 3 nitrogen and oxygen atoms in total. The predicted molar refractivity (Wildman–Crippen MR) is 86.6 cm³/mol. The first-order chi connectivity index (χ1) is 10.0. The van der Waals surface area contributed by atoms with Gasteiger partial charge in [-0.1, -0.05) is 45.0 Å². The van der Waals surface area contributed by atoms with Gasteiger partial charge >= 0.3 is 0 Å². The molecule has 0 bridgehead atoms. The molecule has 1 aromatic heterocycles. The molecule has 0 saturated carbocycles. The number of rotatable bonds is 5. The number of aryl methyl sites for hydroxylation is 1. The number of hydrogen-bond donors (Lipinski definition) is 2. The van der Waals surface area contributed by atoms with E-state index in [0.717, 1.165) is 28.9 Å². The first-order valence-corrected chi connectivity index (χ1v) is 7.48. The van der Waals surface area contributed by atoms with E-state index in [1.54, 1.807) is 0 Å². The zero-order chi connectivity index (χ0) is 15.5. The standard InChI is InChI=1S/C18H24N2O.Sc/c1-4-14-8-6-10-16(20-14)18(2,3)15-9-5-7-13(11-12-19)17(15)21;/h5-10,21H,4,11-12,19H2,1-3H3;. The van der Waals surface area contributed by atoms with E-state index >= 15 is 0 Å². The van der Waals surface area contributed by atoms with E-state index in [1.165, 1.54) is 0 Å². The van der Waals surface area contributed by atoms with Gasteiger partial charge in [0.2, 0.25) is 0 Å². The quantitative estimate of drug-likeness (QED) is 0.886. The van der Waals surface area contributed by atoms with Crippen LogP contribution in [0, 0.1) is 0 Å². The van der Waals surface area contributed by atoms with E-state index in [1.807, 2.05) is 36.4 Å². The summed E-state index contributed by atoms with van der Waals surface area (Å²) in [6.45, 7) is 6.81. The maximum atomic E-state index is 10.6. The predicted octanol–water partition coefficient (Wildman–Crippen LogP) is 3.17. The number of para-hydroxylation sites is 1. The van der Waals surface area contributed by atoms with Gasteiger partial charge in [-0.25, -0.2) is 0 Å². The molecule has 2 rings (SSSR count). The number of hydrogen-bond acceptors (Lipinski definition) is 3. The van der Waals surface area contributed by atoms with Crippen LogP contribution in [0.4, 0.5) is 0 Å². The van der Waals surface area contributed by atoms with Gasteiger partial charge in [-0.15, -0.1) is 0 Å². The summed E-state index contributed by atoms with van der Waals surface area (Å²) in [7, 11) is 0. The van der Waals surface area contributed by atoms with Crippen molar-refractivity contribution in [2.75, 3.05) is 6.54 Å². The molecule has 0 aliphatic rings. The number of phenols is 1. The third kappa shape index (κ3) is 3.85. The molecule has 0 spiro atoms. The Morgan fingerprint density at radius 1 is 1.14 bits per heavy atom. The molecule has 0 fully saturated rings. The Hall–Kier alpha value is -1.000. The van der Waals surface area contributed by atoms with E-state index in [4.69, 9.17) is 10.7 Å². The van der Waals surface area contributed by atoms with Crippen LogP contribution in [-0.2, 0) is 44.1 Å². The fourth-order valence-electron chi connectivity index (χ4n) is 2.62. The van der Waals surface area contributed by atoms with Crippen LogP contribution in [0.25, 0.3) is 0 Å². The van der Waals surface area contributed by atoms with Crippen molar-refractivity contribution < 1.29 is 30.9 Å². The van der Waals surface area contributed by atoms with Gasteiger partial charge in [0.05, 0.1) is 5.69 Å². The van der Waals surface area contributed by atoms with Crippen LogP contribution < -0.4 is 5.73 Å². The van der Waals surface area contributed by atoms with Gasteiger partial charge in [-0.3, -0.25) is 4.98 Å². The summed E-state index contributed by atoms with van der Waals surface area (Å²) in [6, 6.07) is 12.0. The Morgan fingerprint density at radius 3 is 2.45 bits per heavy atom. The molecule has 115 valence electrons. The molecule has 0 aliphatic heterocycles. The number of nitrogens with zero attached hydrogens (tertiary/aromatic N) is 1. The van der Waals surface area contributed by atoms with E-state index < -0.39 is 0 Å². The normalized spacial score (nSPS) is 11.1. The average Bonchev–Trinajstić information content (AvgIpc) is 2.49. The van der Waals surface area contributed by atoms with Crippen LogP contribution in [0.3, 0.4) is 0 Å². The molecule has 1 radical (unpaired) electrons. The second kappa shape index (κ2) is 8.02. The summed E-state index contributed by atoms with van der Waals surface area (Å²) in [5.41, 5.74) is 9.10. The third-order valence-corrected chi connectivity index (χ3v) is 4.02. The minimum atomic E-state index is -0.347. The average molecular weight is 329 g/mol. The van der Waals surface area contributed by atoms with Gasteiger partial charge < -0.3 is 10.8 Å². The van der Waals surface area contributed by atoms with Gasteiger partial charge in [-0.2, -0.15) is 0 Å². The van der Waals surface area contributed by atoms with E-state index in [-0.39, 0.29) is 31.3 Å². The fraction of sp³-hybridized carbons (Fsp3) is 0.389. The summed E-state index contributed by atoms with van der Waals surface area (Å²) in [5.74, 6) is 0.344. The molecule has 0 amide bonds. The maximum Gasteiger partial charge on any atom is 0.122 e. The first kappa shape index (κ1) is 19.0. The molecule has 3 N–H and O–H groups in total. The SMILES string of the molecule is CCc1cccc(C(C)(C)c2cccc(CCN)c2O)n1.[Sc]. The van der Waals surface area contributed by atoms with Crippen molar-refractivity contribution in [3.8, 4) is 5.75 Å². The minimum absolute atomic E-state index is 0. The van der Waals surface area contributed by atoms with Gasteiger partial charge in [0.25, 0.3) is 0 Å². The Kier molecular flexibility index (Phi) is 6.95. The number of aromatic hydroxyl groups is 1. The number of phenolic OH excluding ortho intramolecular Hbond substituents is 1. The van der Waals surface area contributed by atoms with E-state index in [9.17, 15) is 5.11 Å². The van der Waals surface area contributed by atoms with Gasteiger partial charge in [0, 0.05) is 42.5 Å². The number of aromatic nitrogens is 1. The molecule has 0 unspecified atom stereocenters. The smallest absolute Gasteiger partial charge is 0.122 e. The molecular weight excluding hydrogens is 305 g/mol. The van der Waals surface area contributed by atoms with Gasteiger partial charge in [0.1, 0.15) is 5.75 Å². The molecule has 0 saturated heterocycles. The summed E-state index contributed by atoms with van der Waals surface area (Å²) >= 11 is 0. The number of pyridine rings is 1. The van der Waals surface area contributed by atoms with Crippen molar-refractivity contribution in [3.05, 3.63) is 58.9 Å². The van der Waals surface area contributed by atoms with Crippen molar-refractivity contribution in [3.63, 3.8) is 0 Å². The molecule has 1 heterocycles. The Morgan fingerprint density at radius 2 is 1.82 bits per heavy atom. The van der Waals surface area contributed by atoms with E-state index in [0.29, 0.717) is 18.7 Å². The zero-order valence-corrected chi connectivity index (χ0v) is 15.4. The van der Waals surface area contributed by atoms with Crippen LogP contribution in [0.1, 0.15) is 43.3 Å². The van der Waals surface area contributed by atoms with Crippen LogP contribution in [-0.4, -0.2) is 16.6 Å². The summed E-state index contributed by atoms with van der Waals surface area (Å²) in [4.78, 5) is 4.72. The Balaban J connectivity index is 0.00000242. The minimum Gasteiger partial charge on any atom is -0.507 e. The zero-order valence-electron chi connectivity index (χ0n) is 13.6. The fourth-order valence-corrected chi connectivity index (χ4v) is 2.62. The van der Waals surface area contributed by atoms with Crippen molar-refractivity contribution in [2.24, 2.45) is 5.73 Å². The monoisotopic (exact) mass is 329 g/mol. The van der Waals surface area contributed by atoms with Crippen LogP contribution in [0.15, 0.2) is 36.4 Å². The van der Waals surface area contributed by atoms with Gasteiger partial charge in [0.15, 0.2) is 0 Å². The Labute approximate surface area is 151 Å². The molecule has 0 atom stereocenters. The van der Waals surface area contributed by atoms with Crippen molar-refractivity contribution in [1.29, 1.82) is 0 Å². The molecule has 2 aromatic rings. The Bertz CT molecular complexity index is 626. The first-order valence-electron chi connectivity index (χ1n) is 7.48. The van der Waals surface area contributed by atoms with Crippen molar-refractivity contribution in [2.45, 2.75) is 39.0 Å². The summed E-state index contributed by atoms with van der Waals surface area (Å²) < 4.78 is 0. The molecular formula is C18H24N2OSc. The molecule has 1 aromatic carbocycles. The van der Waals surface area contributed by atoms with Crippen LogP contribution >= 0.6 is 0 Å². The number of benzene rings is 1. The van der Waals surface area contributed by atoms with Crippen LogP contribution in [0.2, 0.25) is 0 Å². The molecule has 22 heavy (non-hydrogen) atoms. The third-order valence-electron chi connectivity index (χ3n) is 4.02. The topological polar surface area (TPSA) is 59.1 Å². The number of nitrogens with two attached hydrogens (primary N) is 1. The second-order valence-corrected chi connectivity index (χ2v) is 5.84. The second-order valence-electron chi connectivity index (χ2n) is 5.84.